The molecule has 4 heteroatoms. The molecule has 33 heavy (non-hydrogen) atoms. The van der Waals surface area contributed by atoms with Crippen LogP contribution in [-0.2, 0) is 10.2 Å². The Morgan fingerprint density at radius 3 is 2.09 bits per heavy atom. The Bertz CT molecular complexity index is 1150. The minimum atomic E-state index is -0.177. The molecule has 0 aliphatic carbocycles. The molecule has 4 rings (SSSR count). The van der Waals surface area contributed by atoms with Crippen LogP contribution in [0.2, 0.25) is 0 Å². The van der Waals surface area contributed by atoms with Gasteiger partial charge in [-0.15, -0.1) is 0 Å². The number of nitrogens with zero attached hydrogens (tertiary/aromatic N) is 2. The fourth-order valence-corrected chi connectivity index (χ4v) is 4.79. The highest BCUT2D eigenvalue weighted by molar-refractivity contribution is 6.07. The molecule has 3 aromatic rings. The summed E-state index contributed by atoms with van der Waals surface area (Å²) in [6, 6.07) is 25.5. The van der Waals surface area contributed by atoms with Crippen LogP contribution in [0.4, 0.5) is 11.4 Å². The molecule has 0 unspecified atom stereocenters. The molecule has 1 aliphatic rings. The first kappa shape index (κ1) is 22.8. The molecule has 170 valence electrons. The Balaban J connectivity index is 1.81. The van der Waals surface area contributed by atoms with E-state index in [-0.39, 0.29) is 29.3 Å². The summed E-state index contributed by atoms with van der Waals surface area (Å²) in [6.45, 7) is 10.2. The molecule has 0 saturated heterocycles. The molecule has 0 bridgehead atoms. The number of rotatable bonds is 3. The zero-order valence-electron chi connectivity index (χ0n) is 20.1. The van der Waals surface area contributed by atoms with Gasteiger partial charge >= 0.3 is 0 Å². The number of hydrogen-bond donors (Lipinski definition) is 0. The maximum atomic E-state index is 14.0. The van der Waals surface area contributed by atoms with Crippen molar-refractivity contribution < 1.29 is 9.59 Å². The van der Waals surface area contributed by atoms with Crippen molar-refractivity contribution in [3.63, 3.8) is 0 Å². The molecule has 0 saturated carbocycles. The molecule has 2 atom stereocenters. The monoisotopic (exact) mass is 440 g/mol. The predicted molar refractivity (Wildman–Crippen MR) is 135 cm³/mol. The Morgan fingerprint density at radius 2 is 1.48 bits per heavy atom. The highest BCUT2D eigenvalue weighted by Crippen LogP contribution is 2.42. The lowest BCUT2D eigenvalue weighted by Crippen LogP contribution is -2.47. The zero-order chi connectivity index (χ0) is 23.8. The fourth-order valence-electron chi connectivity index (χ4n) is 4.79. The van der Waals surface area contributed by atoms with Gasteiger partial charge < -0.3 is 9.80 Å². The Labute approximate surface area is 196 Å². The third-order valence-electron chi connectivity index (χ3n) is 6.46. The standard InChI is InChI=1S/C29H32N2O2/c1-20-19-27(25-13-9-10-14-26(25)30(20)21(2)32)31(24-11-7-6-8-12-24)28(33)22-15-17-23(18-16-22)29(3,4)5/h6-18,20,27H,19H2,1-5H3/t20-,27+/m1/s1. The Morgan fingerprint density at radius 1 is 0.879 bits per heavy atom. The van der Waals surface area contributed by atoms with Crippen LogP contribution >= 0.6 is 0 Å². The average Bonchev–Trinajstić information content (AvgIpc) is 2.79. The third kappa shape index (κ3) is 4.43. The van der Waals surface area contributed by atoms with Crippen molar-refractivity contribution in [1.82, 2.24) is 0 Å². The quantitative estimate of drug-likeness (QED) is 0.465. The van der Waals surface area contributed by atoms with Crippen molar-refractivity contribution in [2.45, 2.75) is 58.5 Å². The topological polar surface area (TPSA) is 40.6 Å². The molecule has 0 fully saturated rings. The summed E-state index contributed by atoms with van der Waals surface area (Å²) in [5, 5.41) is 0. The second kappa shape index (κ2) is 8.86. The van der Waals surface area contributed by atoms with Crippen LogP contribution < -0.4 is 9.80 Å². The number of carbonyl (C=O) groups is 2. The maximum Gasteiger partial charge on any atom is 0.258 e. The molecule has 4 nitrogen and oxygen atoms in total. The smallest absolute Gasteiger partial charge is 0.258 e. The maximum absolute atomic E-state index is 14.0. The molecular formula is C29H32N2O2. The zero-order valence-corrected chi connectivity index (χ0v) is 20.1. The normalized spacial score (nSPS) is 17.9. The Kier molecular flexibility index (Phi) is 6.11. The molecule has 1 heterocycles. The van der Waals surface area contributed by atoms with E-state index in [9.17, 15) is 9.59 Å². The van der Waals surface area contributed by atoms with Crippen molar-refractivity contribution >= 4 is 23.2 Å². The molecule has 0 spiro atoms. The van der Waals surface area contributed by atoms with E-state index in [1.54, 1.807) is 6.92 Å². The summed E-state index contributed by atoms with van der Waals surface area (Å²) in [5.74, 6) is -0.0197. The summed E-state index contributed by atoms with van der Waals surface area (Å²) >= 11 is 0. The Hall–Kier alpha value is -3.40. The van der Waals surface area contributed by atoms with E-state index in [4.69, 9.17) is 0 Å². The van der Waals surface area contributed by atoms with Gasteiger partial charge in [0.1, 0.15) is 0 Å². The van der Waals surface area contributed by atoms with E-state index in [0.717, 1.165) is 16.9 Å². The van der Waals surface area contributed by atoms with Crippen molar-refractivity contribution in [3.8, 4) is 0 Å². The molecule has 0 radical (unpaired) electrons. The second-order valence-corrected chi connectivity index (χ2v) is 9.89. The molecule has 3 aromatic carbocycles. The number of carbonyl (C=O) groups excluding carboxylic acids is 2. The number of para-hydroxylation sites is 2. The number of amides is 2. The van der Waals surface area contributed by atoms with Crippen LogP contribution in [0, 0.1) is 0 Å². The van der Waals surface area contributed by atoms with Gasteiger partial charge in [0, 0.05) is 29.9 Å². The fraction of sp³-hybridized carbons (Fsp3) is 0.310. The van der Waals surface area contributed by atoms with Crippen LogP contribution in [0.15, 0.2) is 78.9 Å². The van der Waals surface area contributed by atoms with Crippen molar-refractivity contribution in [3.05, 3.63) is 95.6 Å². The minimum Gasteiger partial charge on any atom is -0.309 e. The summed E-state index contributed by atoms with van der Waals surface area (Å²) in [5.41, 5.74) is 4.60. The van der Waals surface area contributed by atoms with E-state index >= 15 is 0 Å². The number of hydrogen-bond acceptors (Lipinski definition) is 2. The summed E-state index contributed by atoms with van der Waals surface area (Å²) in [7, 11) is 0. The number of benzene rings is 3. The number of anilines is 2. The van der Waals surface area contributed by atoms with Crippen LogP contribution in [0.5, 0.6) is 0 Å². The van der Waals surface area contributed by atoms with Gasteiger partial charge in [-0.05, 0) is 60.2 Å². The highest BCUT2D eigenvalue weighted by Gasteiger charge is 2.38. The largest absolute Gasteiger partial charge is 0.309 e. The van der Waals surface area contributed by atoms with E-state index in [2.05, 4.69) is 27.7 Å². The van der Waals surface area contributed by atoms with Crippen molar-refractivity contribution in [2.24, 2.45) is 0 Å². The van der Waals surface area contributed by atoms with Crippen LogP contribution in [0.1, 0.15) is 68.6 Å². The van der Waals surface area contributed by atoms with Crippen LogP contribution in [-0.4, -0.2) is 17.9 Å². The van der Waals surface area contributed by atoms with Gasteiger partial charge in [0.05, 0.1) is 6.04 Å². The lowest BCUT2D eigenvalue weighted by molar-refractivity contribution is -0.117. The SMILES string of the molecule is CC(=O)N1c2ccccc2[C@@H](N(C(=O)c2ccc(C(C)(C)C)cc2)c2ccccc2)C[C@H]1C. The first-order chi connectivity index (χ1) is 15.7. The summed E-state index contributed by atoms with van der Waals surface area (Å²) in [4.78, 5) is 30.2. The predicted octanol–water partition coefficient (Wildman–Crippen LogP) is 6.52. The van der Waals surface area contributed by atoms with Gasteiger partial charge in [0.15, 0.2) is 0 Å². The van der Waals surface area contributed by atoms with Gasteiger partial charge in [0.2, 0.25) is 5.91 Å². The van der Waals surface area contributed by atoms with E-state index in [1.807, 2.05) is 88.7 Å². The first-order valence-electron chi connectivity index (χ1n) is 11.6. The van der Waals surface area contributed by atoms with E-state index < -0.39 is 0 Å². The summed E-state index contributed by atoms with van der Waals surface area (Å²) in [6.07, 6.45) is 0.664. The summed E-state index contributed by atoms with van der Waals surface area (Å²) < 4.78 is 0. The molecule has 2 amide bonds. The van der Waals surface area contributed by atoms with Crippen LogP contribution in [0.3, 0.4) is 0 Å². The number of fused-ring (bicyclic) bond motifs is 1. The lowest BCUT2D eigenvalue weighted by atomic mass is 9.86. The van der Waals surface area contributed by atoms with Crippen LogP contribution in [0.25, 0.3) is 0 Å². The first-order valence-corrected chi connectivity index (χ1v) is 11.6. The average molecular weight is 441 g/mol. The van der Waals surface area contributed by atoms with Gasteiger partial charge in [-0.2, -0.15) is 0 Å². The van der Waals surface area contributed by atoms with Crippen molar-refractivity contribution in [1.29, 1.82) is 0 Å². The van der Waals surface area contributed by atoms with E-state index in [1.165, 1.54) is 5.56 Å². The second-order valence-electron chi connectivity index (χ2n) is 9.89. The van der Waals surface area contributed by atoms with Gasteiger partial charge in [0.25, 0.3) is 5.91 Å². The van der Waals surface area contributed by atoms with Gasteiger partial charge in [-0.3, -0.25) is 9.59 Å². The lowest BCUT2D eigenvalue weighted by Gasteiger charge is -2.43. The van der Waals surface area contributed by atoms with Crippen molar-refractivity contribution in [2.75, 3.05) is 9.80 Å². The molecule has 0 N–H and O–H groups in total. The van der Waals surface area contributed by atoms with E-state index in [0.29, 0.717) is 12.0 Å². The molecule has 0 aromatic heterocycles. The van der Waals surface area contributed by atoms with Gasteiger partial charge in [-0.25, -0.2) is 0 Å². The third-order valence-corrected chi connectivity index (χ3v) is 6.46. The molecular weight excluding hydrogens is 408 g/mol. The molecule has 1 aliphatic heterocycles. The van der Waals surface area contributed by atoms with Gasteiger partial charge in [-0.1, -0.05) is 69.3 Å². The highest BCUT2D eigenvalue weighted by atomic mass is 16.2. The minimum absolute atomic E-state index is 0.0174.